The van der Waals surface area contributed by atoms with E-state index in [2.05, 4.69) is 5.32 Å². The Labute approximate surface area is 67.8 Å². The average molecular weight is 155 g/mol. The first-order valence-electron chi connectivity index (χ1n) is 4.23. The number of nitrogens with one attached hydrogen (secondary N) is 1. The highest BCUT2D eigenvalue weighted by Gasteiger charge is 2.18. The van der Waals surface area contributed by atoms with E-state index < -0.39 is 0 Å². The van der Waals surface area contributed by atoms with Crippen molar-refractivity contribution in [3.63, 3.8) is 0 Å². The number of nitrogens with zero attached hydrogens (tertiary/aromatic N) is 1. The molecular weight excluding hydrogens is 140 g/mol. The molecule has 1 saturated heterocycles. The fourth-order valence-electron chi connectivity index (χ4n) is 1.52. The third kappa shape index (κ3) is 2.19. The third-order valence-electron chi connectivity index (χ3n) is 2.21. The van der Waals surface area contributed by atoms with E-state index in [4.69, 9.17) is 0 Å². The van der Waals surface area contributed by atoms with E-state index in [0.29, 0.717) is 6.04 Å². The van der Waals surface area contributed by atoms with Crippen molar-refractivity contribution in [1.82, 2.24) is 10.2 Å². The molecule has 0 aromatic carbocycles. The molecule has 11 heavy (non-hydrogen) atoms. The maximum Gasteiger partial charge on any atom is 0.312 e. The largest absolute Gasteiger partial charge is 0.332 e. The quantitative estimate of drug-likeness (QED) is 0.587. The molecule has 0 bridgehead atoms. The van der Waals surface area contributed by atoms with Crippen LogP contribution in [-0.2, 0) is 4.79 Å². The van der Waals surface area contributed by atoms with Crippen LogP contribution in [0.4, 0.5) is 0 Å². The lowest BCUT2D eigenvalue weighted by atomic mass is 10.1. The van der Waals surface area contributed by atoms with Gasteiger partial charge in [0.15, 0.2) is 0 Å². The summed E-state index contributed by atoms with van der Waals surface area (Å²) in [6, 6.07) is 0.429. The molecular formula is C8H15N2O. The lowest BCUT2D eigenvalue weighted by molar-refractivity contribution is 0.251. The van der Waals surface area contributed by atoms with Crippen LogP contribution in [0.2, 0.25) is 0 Å². The second kappa shape index (κ2) is 4.34. The van der Waals surface area contributed by atoms with Crippen molar-refractivity contribution >= 4 is 6.41 Å². The fourth-order valence-corrected chi connectivity index (χ4v) is 1.52. The lowest BCUT2D eigenvalue weighted by Crippen LogP contribution is -2.42. The minimum absolute atomic E-state index is 0.429. The van der Waals surface area contributed by atoms with E-state index in [1.165, 1.54) is 0 Å². The van der Waals surface area contributed by atoms with Crippen LogP contribution in [0.25, 0.3) is 0 Å². The van der Waals surface area contributed by atoms with Crippen molar-refractivity contribution in [2.45, 2.75) is 25.8 Å². The van der Waals surface area contributed by atoms with Crippen LogP contribution >= 0.6 is 0 Å². The molecule has 1 radical (unpaired) electrons. The molecule has 0 aromatic heterocycles. The highest BCUT2D eigenvalue weighted by molar-refractivity contribution is 5.48. The maximum absolute atomic E-state index is 10.4. The third-order valence-corrected chi connectivity index (χ3v) is 2.21. The molecule has 1 aliphatic rings. The van der Waals surface area contributed by atoms with Crippen molar-refractivity contribution < 1.29 is 4.79 Å². The van der Waals surface area contributed by atoms with Crippen LogP contribution in [0.1, 0.15) is 19.8 Å². The molecule has 0 spiro atoms. The van der Waals surface area contributed by atoms with Crippen molar-refractivity contribution in [3.8, 4) is 0 Å². The lowest BCUT2D eigenvalue weighted by Gasteiger charge is -2.29. The van der Waals surface area contributed by atoms with E-state index in [0.717, 1.165) is 32.5 Å². The summed E-state index contributed by atoms with van der Waals surface area (Å²) in [5, 5.41) is 3.26. The summed E-state index contributed by atoms with van der Waals surface area (Å²) in [5.41, 5.74) is 0. The van der Waals surface area contributed by atoms with Crippen molar-refractivity contribution in [2.75, 3.05) is 19.6 Å². The summed E-state index contributed by atoms with van der Waals surface area (Å²) in [5.74, 6) is 0. The standard InChI is InChI=1S/C8H15N2O/c1-2-10(7-11)8-3-5-9-6-4-8/h8-9H,2-6H2,1H3. The Morgan fingerprint density at radius 1 is 1.55 bits per heavy atom. The number of hydrogen-bond donors (Lipinski definition) is 1. The minimum Gasteiger partial charge on any atom is -0.332 e. The van der Waals surface area contributed by atoms with Crippen LogP contribution in [0, 0.1) is 0 Å². The van der Waals surface area contributed by atoms with Gasteiger partial charge in [-0.15, -0.1) is 0 Å². The molecule has 0 aromatic rings. The summed E-state index contributed by atoms with van der Waals surface area (Å²) < 4.78 is 0. The van der Waals surface area contributed by atoms with Crippen LogP contribution in [0.15, 0.2) is 0 Å². The molecule has 63 valence electrons. The molecule has 1 aliphatic heterocycles. The van der Waals surface area contributed by atoms with Gasteiger partial charge in [0, 0.05) is 12.6 Å². The Bertz CT molecular complexity index is 121. The first kappa shape index (κ1) is 8.53. The van der Waals surface area contributed by atoms with Gasteiger partial charge in [-0.1, -0.05) is 0 Å². The molecule has 0 atom stereocenters. The number of carbonyl (C=O) groups excluding carboxylic acids is 1. The number of hydrogen-bond acceptors (Lipinski definition) is 2. The van der Waals surface area contributed by atoms with Gasteiger partial charge in [-0.2, -0.15) is 0 Å². The predicted molar refractivity (Wildman–Crippen MR) is 44.0 cm³/mol. The van der Waals surface area contributed by atoms with Crippen molar-refractivity contribution in [1.29, 1.82) is 0 Å². The van der Waals surface area contributed by atoms with Gasteiger partial charge in [0.1, 0.15) is 0 Å². The molecule has 0 saturated carbocycles. The van der Waals surface area contributed by atoms with Crippen LogP contribution in [0.3, 0.4) is 0 Å². The second-order valence-electron chi connectivity index (χ2n) is 2.86. The zero-order valence-electron chi connectivity index (χ0n) is 6.97. The Hall–Kier alpha value is -0.570. The van der Waals surface area contributed by atoms with Crippen molar-refractivity contribution in [2.24, 2.45) is 0 Å². The predicted octanol–water partition coefficient (Wildman–Crippen LogP) is 0.128. The maximum atomic E-state index is 10.4. The molecule has 0 aliphatic carbocycles. The van der Waals surface area contributed by atoms with E-state index in [-0.39, 0.29) is 0 Å². The van der Waals surface area contributed by atoms with Gasteiger partial charge >= 0.3 is 6.41 Å². The van der Waals surface area contributed by atoms with Crippen LogP contribution in [-0.4, -0.2) is 37.0 Å². The fraction of sp³-hybridized carbons (Fsp3) is 0.875. The van der Waals surface area contributed by atoms with Gasteiger partial charge in [0.05, 0.1) is 0 Å². The summed E-state index contributed by atoms with van der Waals surface area (Å²) in [6.07, 6.45) is 4.12. The second-order valence-corrected chi connectivity index (χ2v) is 2.86. The van der Waals surface area contributed by atoms with Gasteiger partial charge in [-0.25, -0.2) is 0 Å². The first-order valence-corrected chi connectivity index (χ1v) is 4.23. The first-order chi connectivity index (χ1) is 5.38. The summed E-state index contributed by atoms with van der Waals surface area (Å²) in [4.78, 5) is 12.2. The smallest absolute Gasteiger partial charge is 0.312 e. The molecule has 1 N–H and O–H groups in total. The van der Waals surface area contributed by atoms with Crippen LogP contribution < -0.4 is 5.32 Å². The molecule has 1 rings (SSSR count). The Kier molecular flexibility index (Phi) is 3.36. The van der Waals surface area contributed by atoms with Gasteiger partial charge in [0.25, 0.3) is 0 Å². The van der Waals surface area contributed by atoms with E-state index in [9.17, 15) is 4.79 Å². The van der Waals surface area contributed by atoms with Gasteiger partial charge in [-0.05, 0) is 32.9 Å². The molecule has 3 nitrogen and oxygen atoms in total. The zero-order valence-corrected chi connectivity index (χ0v) is 6.97. The number of amides is 1. The number of rotatable bonds is 3. The number of piperidine rings is 1. The Balaban J connectivity index is 2.35. The van der Waals surface area contributed by atoms with E-state index >= 15 is 0 Å². The Morgan fingerprint density at radius 2 is 2.18 bits per heavy atom. The monoisotopic (exact) mass is 155 g/mol. The van der Waals surface area contributed by atoms with Gasteiger partial charge < -0.3 is 10.2 Å². The summed E-state index contributed by atoms with van der Waals surface area (Å²) >= 11 is 0. The molecule has 0 unspecified atom stereocenters. The molecule has 1 amide bonds. The van der Waals surface area contributed by atoms with Crippen LogP contribution in [0.5, 0.6) is 0 Å². The van der Waals surface area contributed by atoms with E-state index in [1.807, 2.05) is 13.3 Å². The minimum atomic E-state index is 0.429. The van der Waals surface area contributed by atoms with Gasteiger partial charge in [-0.3, -0.25) is 4.79 Å². The topological polar surface area (TPSA) is 32.3 Å². The normalized spacial score (nSPS) is 19.7. The Morgan fingerprint density at radius 3 is 2.64 bits per heavy atom. The molecule has 1 heterocycles. The zero-order chi connectivity index (χ0) is 8.10. The van der Waals surface area contributed by atoms with Crippen molar-refractivity contribution in [3.05, 3.63) is 0 Å². The highest BCUT2D eigenvalue weighted by atomic mass is 16.1. The summed E-state index contributed by atoms with van der Waals surface area (Å²) in [6.45, 7) is 4.84. The highest BCUT2D eigenvalue weighted by Crippen LogP contribution is 2.08. The SMILES string of the molecule is CCN([C]=O)C1CCNCC1. The van der Waals surface area contributed by atoms with Gasteiger partial charge in [0.2, 0.25) is 0 Å². The molecule has 1 fully saturated rings. The van der Waals surface area contributed by atoms with E-state index in [1.54, 1.807) is 4.90 Å². The average Bonchev–Trinajstić information content (AvgIpc) is 2.09. The summed E-state index contributed by atoms with van der Waals surface area (Å²) in [7, 11) is 0. The molecule has 3 heteroatoms.